The molecule has 1 aliphatic carbocycles. The standard InChI is InChI=1S/C30H32N6O2/c1-3-35-28(24-8-4-5-9-25(24)33-35)29(37)32-22-15-13-21(14-16-22)19-34-26-10-6-7-11-27(26)36(30(34)38)23-17-12-20(2)31-18-23/h4-12,17-18,21-22H,3,13-16,19H2,1-2H3,(H,32,37). The van der Waals surface area contributed by atoms with E-state index in [1.54, 1.807) is 15.4 Å². The average Bonchev–Trinajstić information content (AvgIpc) is 3.45. The number of aromatic nitrogens is 5. The van der Waals surface area contributed by atoms with E-state index < -0.39 is 0 Å². The van der Waals surface area contributed by atoms with Gasteiger partial charge in [0.1, 0.15) is 5.69 Å². The third-order valence-electron chi connectivity index (χ3n) is 7.77. The zero-order valence-electron chi connectivity index (χ0n) is 21.8. The zero-order chi connectivity index (χ0) is 26.2. The van der Waals surface area contributed by atoms with Gasteiger partial charge in [-0.15, -0.1) is 0 Å². The Bertz CT molecular complexity index is 1670. The Hall–Kier alpha value is -4.20. The van der Waals surface area contributed by atoms with Crippen molar-refractivity contribution in [2.45, 2.75) is 58.7 Å². The summed E-state index contributed by atoms with van der Waals surface area (Å²) < 4.78 is 5.46. The van der Waals surface area contributed by atoms with Crippen molar-refractivity contribution in [1.29, 1.82) is 0 Å². The number of pyridine rings is 1. The normalized spacial score (nSPS) is 17.7. The minimum absolute atomic E-state index is 0.0352. The predicted octanol–water partition coefficient (Wildman–Crippen LogP) is 4.85. The van der Waals surface area contributed by atoms with Crippen molar-refractivity contribution < 1.29 is 4.79 Å². The molecule has 1 aliphatic rings. The summed E-state index contributed by atoms with van der Waals surface area (Å²) in [5, 5.41) is 8.74. The molecule has 1 amide bonds. The lowest BCUT2D eigenvalue weighted by molar-refractivity contribution is 0.0911. The molecule has 0 radical (unpaired) electrons. The Kier molecular flexibility index (Phi) is 6.31. The first kappa shape index (κ1) is 24.2. The van der Waals surface area contributed by atoms with Gasteiger partial charge in [0.05, 0.1) is 28.4 Å². The van der Waals surface area contributed by atoms with Crippen LogP contribution in [0.5, 0.6) is 0 Å². The molecule has 3 heterocycles. The van der Waals surface area contributed by atoms with Crippen molar-refractivity contribution in [2.75, 3.05) is 0 Å². The van der Waals surface area contributed by atoms with Crippen LogP contribution in [-0.2, 0) is 13.1 Å². The molecule has 1 saturated carbocycles. The zero-order valence-corrected chi connectivity index (χ0v) is 21.8. The van der Waals surface area contributed by atoms with E-state index in [2.05, 4.69) is 15.4 Å². The minimum atomic E-state index is -0.0602. The van der Waals surface area contributed by atoms with Crippen LogP contribution in [0.15, 0.2) is 71.7 Å². The van der Waals surface area contributed by atoms with Gasteiger partial charge in [-0.05, 0) is 75.8 Å². The summed E-state index contributed by atoms with van der Waals surface area (Å²) in [5.41, 5.74) is 4.97. The van der Waals surface area contributed by atoms with E-state index in [0.717, 1.165) is 59.0 Å². The maximum absolute atomic E-state index is 13.6. The van der Waals surface area contributed by atoms with Crippen LogP contribution in [-0.4, -0.2) is 35.8 Å². The van der Waals surface area contributed by atoms with Crippen molar-refractivity contribution in [3.63, 3.8) is 0 Å². The molecule has 3 aromatic heterocycles. The molecule has 1 N–H and O–H groups in total. The first-order chi connectivity index (χ1) is 18.5. The molecule has 0 spiro atoms. The van der Waals surface area contributed by atoms with Crippen LogP contribution in [0.25, 0.3) is 27.6 Å². The Morgan fingerprint density at radius 2 is 1.71 bits per heavy atom. The molecule has 1 fully saturated rings. The molecule has 0 aliphatic heterocycles. The van der Waals surface area contributed by atoms with Gasteiger partial charge in [-0.2, -0.15) is 5.10 Å². The minimum Gasteiger partial charge on any atom is -0.348 e. The van der Waals surface area contributed by atoms with Gasteiger partial charge in [-0.25, -0.2) is 4.79 Å². The van der Waals surface area contributed by atoms with Crippen molar-refractivity contribution in [2.24, 2.45) is 5.92 Å². The smallest absolute Gasteiger partial charge is 0.333 e. The molecular weight excluding hydrogens is 476 g/mol. The number of fused-ring (bicyclic) bond motifs is 2. The van der Waals surface area contributed by atoms with Gasteiger partial charge in [0.2, 0.25) is 0 Å². The SMILES string of the molecule is CCn1nc2ccccc2c1C(=O)NC1CCC(Cn2c(=O)n(-c3ccc(C)nc3)c3ccccc32)CC1. The average molecular weight is 509 g/mol. The quantitative estimate of drug-likeness (QED) is 0.355. The lowest BCUT2D eigenvalue weighted by Gasteiger charge is -2.29. The summed E-state index contributed by atoms with van der Waals surface area (Å²) in [4.78, 5) is 31.3. The second-order valence-corrected chi connectivity index (χ2v) is 10.2. The van der Waals surface area contributed by atoms with Gasteiger partial charge < -0.3 is 5.32 Å². The maximum Gasteiger partial charge on any atom is 0.333 e. The summed E-state index contributed by atoms with van der Waals surface area (Å²) in [7, 11) is 0. The van der Waals surface area contributed by atoms with E-state index in [1.807, 2.05) is 79.1 Å². The van der Waals surface area contributed by atoms with E-state index in [9.17, 15) is 9.59 Å². The topological polar surface area (TPSA) is 86.7 Å². The van der Waals surface area contributed by atoms with E-state index >= 15 is 0 Å². The Balaban J connectivity index is 1.17. The number of hydrogen-bond donors (Lipinski definition) is 1. The summed E-state index contributed by atoms with van der Waals surface area (Å²) in [6.07, 6.45) is 5.45. The number of imidazole rings is 1. The van der Waals surface area contributed by atoms with Gasteiger partial charge in [0.25, 0.3) is 5.91 Å². The molecule has 6 rings (SSSR count). The van der Waals surface area contributed by atoms with E-state index in [-0.39, 0.29) is 17.6 Å². The highest BCUT2D eigenvalue weighted by Gasteiger charge is 2.27. The molecule has 8 heteroatoms. The largest absolute Gasteiger partial charge is 0.348 e. The van der Waals surface area contributed by atoms with Crippen LogP contribution >= 0.6 is 0 Å². The Labute approximate surface area is 220 Å². The molecule has 0 unspecified atom stereocenters. The van der Waals surface area contributed by atoms with Crippen molar-refractivity contribution >= 4 is 27.8 Å². The Morgan fingerprint density at radius 1 is 0.974 bits per heavy atom. The van der Waals surface area contributed by atoms with E-state index in [0.29, 0.717) is 24.7 Å². The van der Waals surface area contributed by atoms with Gasteiger partial charge in [0.15, 0.2) is 0 Å². The van der Waals surface area contributed by atoms with Crippen molar-refractivity contribution in [3.05, 3.63) is 88.7 Å². The Morgan fingerprint density at radius 3 is 2.45 bits per heavy atom. The van der Waals surface area contributed by atoms with Gasteiger partial charge in [-0.1, -0.05) is 30.3 Å². The molecule has 0 atom stereocenters. The van der Waals surface area contributed by atoms with E-state index in [1.165, 1.54) is 0 Å². The second kappa shape index (κ2) is 9.93. The number of nitrogens with one attached hydrogen (secondary N) is 1. The number of carbonyl (C=O) groups is 1. The number of amides is 1. The molecule has 5 aromatic rings. The lowest BCUT2D eigenvalue weighted by Crippen LogP contribution is -2.39. The third-order valence-corrected chi connectivity index (χ3v) is 7.77. The number of rotatable bonds is 6. The number of benzene rings is 2. The van der Waals surface area contributed by atoms with Crippen LogP contribution in [0.3, 0.4) is 0 Å². The second-order valence-electron chi connectivity index (χ2n) is 10.2. The summed E-state index contributed by atoms with van der Waals surface area (Å²) >= 11 is 0. The first-order valence-electron chi connectivity index (χ1n) is 13.4. The number of hydrogen-bond acceptors (Lipinski definition) is 4. The molecule has 38 heavy (non-hydrogen) atoms. The van der Waals surface area contributed by atoms with Crippen LogP contribution in [0, 0.1) is 12.8 Å². The van der Waals surface area contributed by atoms with Crippen molar-refractivity contribution in [3.8, 4) is 5.69 Å². The molecule has 2 aromatic carbocycles. The number of nitrogens with zero attached hydrogens (tertiary/aromatic N) is 5. The fraction of sp³-hybridized carbons (Fsp3) is 0.333. The highest BCUT2D eigenvalue weighted by molar-refractivity contribution is 6.05. The van der Waals surface area contributed by atoms with Gasteiger partial charge in [-0.3, -0.25) is 23.6 Å². The maximum atomic E-state index is 13.6. The molecule has 194 valence electrons. The highest BCUT2D eigenvalue weighted by Crippen LogP contribution is 2.28. The summed E-state index contributed by atoms with van der Waals surface area (Å²) in [6.45, 7) is 5.25. The fourth-order valence-electron chi connectivity index (χ4n) is 5.78. The summed E-state index contributed by atoms with van der Waals surface area (Å²) in [6, 6.07) is 19.7. The highest BCUT2D eigenvalue weighted by atomic mass is 16.2. The molecule has 0 saturated heterocycles. The van der Waals surface area contributed by atoms with Crippen LogP contribution in [0.2, 0.25) is 0 Å². The third kappa shape index (κ3) is 4.30. The van der Waals surface area contributed by atoms with Gasteiger partial charge in [0, 0.05) is 30.2 Å². The van der Waals surface area contributed by atoms with Crippen LogP contribution in [0.1, 0.15) is 48.8 Å². The number of carbonyl (C=O) groups excluding carboxylic acids is 1. The van der Waals surface area contributed by atoms with Crippen LogP contribution < -0.4 is 11.0 Å². The molecular formula is C30H32N6O2. The van der Waals surface area contributed by atoms with Crippen molar-refractivity contribution in [1.82, 2.24) is 29.2 Å². The lowest BCUT2D eigenvalue weighted by atomic mass is 9.86. The van der Waals surface area contributed by atoms with E-state index in [4.69, 9.17) is 0 Å². The van der Waals surface area contributed by atoms with Crippen LogP contribution in [0.4, 0.5) is 0 Å². The fourth-order valence-corrected chi connectivity index (χ4v) is 5.78. The number of para-hydroxylation sites is 2. The van der Waals surface area contributed by atoms with Gasteiger partial charge >= 0.3 is 5.69 Å². The number of aryl methyl sites for hydroxylation is 2. The molecule has 0 bridgehead atoms. The predicted molar refractivity (Wildman–Crippen MR) is 149 cm³/mol. The summed E-state index contributed by atoms with van der Waals surface area (Å²) in [5.74, 6) is 0.313. The molecule has 8 nitrogen and oxygen atoms in total. The first-order valence-corrected chi connectivity index (χ1v) is 13.4. The monoisotopic (exact) mass is 508 g/mol.